The molecule has 0 saturated carbocycles. The van der Waals surface area contributed by atoms with Gasteiger partial charge in [0, 0.05) is 39.6 Å². The first kappa shape index (κ1) is 36.8. The maximum Gasteiger partial charge on any atom is 0.252 e. The maximum absolute atomic E-state index is 2.60. The van der Waals surface area contributed by atoms with Crippen LogP contribution >= 0.6 is 0 Å². The smallest absolute Gasteiger partial charge is 0.252 e. The normalized spacial score (nSPS) is 13.6. The van der Waals surface area contributed by atoms with Crippen molar-refractivity contribution in [2.24, 2.45) is 0 Å². The summed E-state index contributed by atoms with van der Waals surface area (Å²) in [6.45, 7) is 20.9. The lowest BCUT2D eigenvalue weighted by molar-refractivity contribution is 0.590. The van der Waals surface area contributed by atoms with E-state index < -0.39 is 0 Å². The Kier molecular flexibility index (Phi) is 8.66. The van der Waals surface area contributed by atoms with Gasteiger partial charge in [-0.1, -0.05) is 172 Å². The third-order valence-electron chi connectivity index (χ3n) is 12.1. The molecule has 2 aliphatic heterocycles. The second kappa shape index (κ2) is 13.4. The molecule has 0 spiro atoms. The lowest BCUT2D eigenvalue weighted by Gasteiger charge is -2.45. The average Bonchev–Trinajstić information content (AvgIpc) is 3.20. The van der Waals surface area contributed by atoms with E-state index in [0.717, 1.165) is 0 Å². The fourth-order valence-electron chi connectivity index (χ4n) is 8.97. The van der Waals surface area contributed by atoms with Gasteiger partial charge in [-0.2, -0.15) is 0 Å². The Balaban J connectivity index is 1.39. The van der Waals surface area contributed by atoms with Gasteiger partial charge in [-0.05, 0) is 109 Å². The van der Waals surface area contributed by atoms with E-state index in [9.17, 15) is 0 Å². The molecule has 9 rings (SSSR count). The van der Waals surface area contributed by atoms with Crippen LogP contribution in [0.25, 0.3) is 22.3 Å². The first-order valence-electron chi connectivity index (χ1n) is 20.6. The zero-order valence-corrected chi connectivity index (χ0v) is 35.0. The van der Waals surface area contributed by atoms with Gasteiger partial charge < -0.3 is 9.80 Å². The molecule has 7 aromatic carbocycles. The third-order valence-corrected chi connectivity index (χ3v) is 12.1. The van der Waals surface area contributed by atoms with Gasteiger partial charge in [-0.3, -0.25) is 0 Å². The van der Waals surface area contributed by atoms with Gasteiger partial charge in [0.25, 0.3) is 6.71 Å². The molecule has 2 aliphatic rings. The first-order valence-corrected chi connectivity index (χ1v) is 20.6. The summed E-state index contributed by atoms with van der Waals surface area (Å²) >= 11 is 0. The molecular weight excluding hydrogens is 687 g/mol. The second-order valence-electron chi connectivity index (χ2n) is 19.1. The highest BCUT2D eigenvalue weighted by Gasteiger charge is 2.44. The highest BCUT2D eigenvalue weighted by molar-refractivity contribution is 7.00. The fraction of sp³-hybridized carbons (Fsp3) is 0.222. The lowest BCUT2D eigenvalue weighted by Crippen LogP contribution is -2.61. The van der Waals surface area contributed by atoms with E-state index in [4.69, 9.17) is 0 Å². The van der Waals surface area contributed by atoms with Crippen molar-refractivity contribution in [1.29, 1.82) is 0 Å². The largest absolute Gasteiger partial charge is 0.311 e. The first-order chi connectivity index (χ1) is 27.2. The minimum Gasteiger partial charge on any atom is -0.311 e. The van der Waals surface area contributed by atoms with E-state index >= 15 is 0 Å². The van der Waals surface area contributed by atoms with E-state index in [1.165, 1.54) is 89.5 Å². The summed E-state index contributed by atoms with van der Waals surface area (Å²) in [6.07, 6.45) is 0. The molecule has 0 radical (unpaired) electrons. The number of nitrogens with zero attached hydrogens (tertiary/aromatic N) is 2. The molecule has 0 fully saturated rings. The number of benzene rings is 7. The van der Waals surface area contributed by atoms with Gasteiger partial charge in [-0.15, -0.1) is 0 Å². The van der Waals surface area contributed by atoms with Crippen molar-refractivity contribution < 1.29 is 0 Å². The Bertz CT molecular complexity index is 2560. The van der Waals surface area contributed by atoms with E-state index in [2.05, 4.69) is 230 Å². The van der Waals surface area contributed by atoms with Crippen LogP contribution in [0.2, 0.25) is 0 Å². The highest BCUT2D eigenvalue weighted by Crippen LogP contribution is 2.51. The highest BCUT2D eigenvalue weighted by atomic mass is 15.2. The molecule has 0 atom stereocenters. The van der Waals surface area contributed by atoms with Gasteiger partial charge in [0.15, 0.2) is 0 Å². The number of hydrogen-bond donors (Lipinski definition) is 0. The van der Waals surface area contributed by atoms with Crippen molar-refractivity contribution >= 4 is 57.2 Å². The van der Waals surface area contributed by atoms with Crippen LogP contribution in [0.4, 0.5) is 34.1 Å². The molecule has 0 amide bonds. The minimum atomic E-state index is -0.0556. The van der Waals surface area contributed by atoms with Gasteiger partial charge in [0.1, 0.15) is 0 Å². The number of fused-ring (bicyclic) bond motifs is 4. The molecule has 0 saturated heterocycles. The minimum absolute atomic E-state index is 0.00178. The van der Waals surface area contributed by atoms with Crippen LogP contribution in [0, 0.1) is 0 Å². The van der Waals surface area contributed by atoms with E-state index in [0.29, 0.717) is 0 Å². The van der Waals surface area contributed by atoms with Crippen molar-refractivity contribution in [1.82, 2.24) is 0 Å². The summed E-state index contributed by atoms with van der Waals surface area (Å²) in [5.41, 5.74) is 20.2. The van der Waals surface area contributed by atoms with Gasteiger partial charge in [0.2, 0.25) is 0 Å². The number of hydrogen-bond acceptors (Lipinski definition) is 2. The van der Waals surface area contributed by atoms with Gasteiger partial charge in [0.05, 0.1) is 5.69 Å². The molecule has 2 nitrogen and oxygen atoms in total. The molecule has 0 unspecified atom stereocenters. The van der Waals surface area contributed by atoms with Gasteiger partial charge >= 0.3 is 0 Å². The van der Waals surface area contributed by atoms with E-state index in [1.807, 2.05) is 0 Å². The lowest BCUT2D eigenvalue weighted by atomic mass is 9.33. The molecule has 282 valence electrons. The molecular formula is C54H53BN2. The zero-order chi connectivity index (χ0) is 39.9. The van der Waals surface area contributed by atoms with Crippen molar-refractivity contribution in [3.63, 3.8) is 0 Å². The Morgan fingerprint density at radius 2 is 0.842 bits per heavy atom. The van der Waals surface area contributed by atoms with Crippen LogP contribution < -0.4 is 26.2 Å². The fourth-order valence-corrected chi connectivity index (χ4v) is 8.97. The molecule has 3 heteroatoms. The second-order valence-corrected chi connectivity index (χ2v) is 19.1. The Morgan fingerprint density at radius 1 is 0.368 bits per heavy atom. The van der Waals surface area contributed by atoms with Crippen LogP contribution in [0.15, 0.2) is 158 Å². The van der Waals surface area contributed by atoms with Gasteiger partial charge in [-0.25, -0.2) is 0 Å². The number of para-hydroxylation sites is 1. The topological polar surface area (TPSA) is 6.48 Å². The average molecular weight is 741 g/mol. The summed E-state index contributed by atoms with van der Waals surface area (Å²) < 4.78 is 0. The van der Waals surface area contributed by atoms with Crippen LogP contribution in [-0.4, -0.2) is 6.71 Å². The predicted octanol–water partition coefficient (Wildman–Crippen LogP) is 13.0. The molecule has 0 N–H and O–H groups in total. The summed E-state index contributed by atoms with van der Waals surface area (Å²) in [4.78, 5) is 5.12. The number of anilines is 6. The third kappa shape index (κ3) is 6.29. The van der Waals surface area contributed by atoms with Crippen LogP contribution in [-0.2, 0) is 16.2 Å². The Labute approximate surface area is 340 Å². The van der Waals surface area contributed by atoms with E-state index in [-0.39, 0.29) is 23.0 Å². The van der Waals surface area contributed by atoms with E-state index in [1.54, 1.807) is 0 Å². The zero-order valence-electron chi connectivity index (χ0n) is 35.0. The Morgan fingerprint density at radius 3 is 1.40 bits per heavy atom. The molecule has 57 heavy (non-hydrogen) atoms. The Hall–Kier alpha value is -5.80. The van der Waals surface area contributed by atoms with Crippen LogP contribution in [0.1, 0.15) is 79.0 Å². The summed E-state index contributed by atoms with van der Waals surface area (Å²) in [6, 6.07) is 59.6. The quantitative estimate of drug-likeness (QED) is 0.166. The maximum atomic E-state index is 2.60. The molecule has 2 heterocycles. The molecule has 0 aliphatic carbocycles. The van der Waals surface area contributed by atoms with Crippen LogP contribution in [0.3, 0.4) is 0 Å². The molecule has 0 aromatic heterocycles. The number of rotatable bonds is 4. The SMILES string of the molecule is CC(C)(C)c1ccc(N2c3ccc(C(C)(C)C)cc3B3c4ccccc4N(c4c(-c5ccccc5)cc(C(C)(C)C)cc4-c4ccccc4)c4cccc2c43)cc1. The molecule has 7 aromatic rings. The standard InChI is InChI=1S/C54H53BN2/c1-52(2,3)38-27-30-41(31-28-38)56-47-32-29-39(53(4,5)6)35-45(47)55-44-23-16-17-24-46(44)57(49-26-18-25-48(56)50(49)55)51-42(36-19-12-10-13-20-36)33-40(54(7,8)9)34-43(51)37-21-14-11-15-22-37/h10-35H,1-9H3. The summed E-state index contributed by atoms with van der Waals surface area (Å²) in [5, 5.41) is 0. The van der Waals surface area contributed by atoms with Crippen molar-refractivity contribution in [2.75, 3.05) is 9.80 Å². The van der Waals surface area contributed by atoms with Crippen molar-refractivity contribution in [2.45, 2.75) is 78.6 Å². The summed E-state index contributed by atoms with van der Waals surface area (Å²) in [7, 11) is 0. The molecule has 0 bridgehead atoms. The van der Waals surface area contributed by atoms with Crippen molar-refractivity contribution in [3.05, 3.63) is 174 Å². The van der Waals surface area contributed by atoms with Crippen molar-refractivity contribution in [3.8, 4) is 22.3 Å². The van der Waals surface area contributed by atoms with Crippen LogP contribution in [0.5, 0.6) is 0 Å². The monoisotopic (exact) mass is 740 g/mol. The predicted molar refractivity (Wildman–Crippen MR) is 247 cm³/mol. The summed E-state index contributed by atoms with van der Waals surface area (Å²) in [5.74, 6) is 0.